The Morgan fingerprint density at radius 2 is 1.56 bits per heavy atom. The first-order valence-electron chi connectivity index (χ1n) is 6.33. The van der Waals surface area contributed by atoms with Crippen LogP contribution in [0.1, 0.15) is 20.7 Å². The number of carbonyl (C=O) groups excluding carboxylic acids is 2. The van der Waals surface area contributed by atoms with Crippen LogP contribution in [-0.4, -0.2) is 22.1 Å². The molecule has 2 aromatic carbocycles. The molecule has 0 spiro atoms. The molecule has 0 saturated heterocycles. The summed E-state index contributed by atoms with van der Waals surface area (Å²) < 4.78 is 6.37. The summed E-state index contributed by atoms with van der Waals surface area (Å²) in [6.45, 7) is 0. The quantitative estimate of drug-likeness (QED) is 0.134. The molecule has 2 aromatic rings. The molecule has 0 saturated carbocycles. The molecule has 0 amide bonds. The molecule has 11 heteroatoms. The molecule has 2 rings (SSSR count). The average Bonchev–Trinajstić information content (AvgIpc) is 2.56. The number of hydrogen-bond acceptors (Lipinski definition) is 7. The van der Waals surface area contributed by atoms with Gasteiger partial charge in [-0.25, -0.2) is 4.79 Å². The summed E-state index contributed by atoms with van der Waals surface area (Å²) in [6.07, 6.45) is 0.503. The van der Waals surface area contributed by atoms with Gasteiger partial charge in [0.2, 0.25) is 0 Å². The lowest BCUT2D eigenvalue weighted by Crippen LogP contribution is -2.12. The number of esters is 1. The normalized spacial score (nSPS) is 10.2. The van der Waals surface area contributed by atoms with Gasteiger partial charge in [0.25, 0.3) is 11.4 Å². The predicted molar refractivity (Wildman–Crippen MR) is 102 cm³/mol. The van der Waals surface area contributed by atoms with Gasteiger partial charge in [-0.1, -0.05) is 0 Å². The zero-order valence-corrected chi connectivity index (χ0v) is 16.3. The molecule has 0 aromatic heterocycles. The topological polar surface area (TPSA) is 130 Å². The van der Waals surface area contributed by atoms with E-state index in [2.05, 4.69) is 0 Å². The zero-order valence-electron chi connectivity index (χ0n) is 12.0. The third-order valence-corrected chi connectivity index (χ3v) is 4.34. The van der Waals surface area contributed by atoms with E-state index in [1.54, 1.807) is 6.07 Å². The summed E-state index contributed by atoms with van der Waals surface area (Å²) in [5.41, 5.74) is -1.49. The summed E-state index contributed by atoms with van der Waals surface area (Å²) in [4.78, 5) is 43.5. The standard InChI is InChI=1S/C14H6I2N2O7/c15-9-1-8(6-19)13(12(16)4-9)25-14(20)7-2-10(17(21)22)5-11(3-7)18(23)24/h1-6H. The Bertz CT molecular complexity index is 882. The summed E-state index contributed by atoms with van der Waals surface area (Å²) in [7, 11) is 0. The number of nitro benzene ring substituents is 2. The first-order valence-corrected chi connectivity index (χ1v) is 8.49. The van der Waals surface area contributed by atoms with E-state index in [0.717, 1.165) is 21.8 Å². The van der Waals surface area contributed by atoms with E-state index in [4.69, 9.17) is 4.74 Å². The second kappa shape index (κ2) is 7.81. The number of benzene rings is 2. The number of nitrogens with zero attached hydrogens (tertiary/aromatic N) is 2. The van der Waals surface area contributed by atoms with E-state index in [1.165, 1.54) is 6.07 Å². The summed E-state index contributed by atoms with van der Waals surface area (Å²) in [5.74, 6) is -1.07. The van der Waals surface area contributed by atoms with Crippen molar-refractivity contribution >= 4 is 68.8 Å². The first kappa shape index (κ1) is 19.2. The second-order valence-corrected chi connectivity index (χ2v) is 6.97. The third kappa shape index (κ3) is 4.47. The van der Waals surface area contributed by atoms with Gasteiger partial charge in [-0.2, -0.15) is 0 Å². The molecule has 0 aliphatic rings. The number of hydrogen-bond donors (Lipinski definition) is 0. The zero-order chi connectivity index (χ0) is 18.7. The summed E-state index contributed by atoms with van der Waals surface area (Å²) in [6, 6.07) is 5.63. The first-order chi connectivity index (χ1) is 11.7. The number of rotatable bonds is 5. The van der Waals surface area contributed by atoms with Gasteiger partial charge in [0, 0.05) is 15.7 Å². The van der Waals surface area contributed by atoms with Crippen molar-refractivity contribution in [3.63, 3.8) is 0 Å². The fraction of sp³-hybridized carbons (Fsp3) is 0. The van der Waals surface area contributed by atoms with Gasteiger partial charge in [-0.3, -0.25) is 25.0 Å². The van der Waals surface area contributed by atoms with Crippen LogP contribution in [0.5, 0.6) is 5.75 Å². The Morgan fingerprint density at radius 3 is 2.04 bits per heavy atom. The van der Waals surface area contributed by atoms with Crippen molar-refractivity contribution in [2.45, 2.75) is 0 Å². The highest BCUT2D eigenvalue weighted by atomic mass is 127. The highest BCUT2D eigenvalue weighted by Gasteiger charge is 2.22. The van der Waals surface area contributed by atoms with Crippen molar-refractivity contribution in [2.24, 2.45) is 0 Å². The molecule has 0 aliphatic heterocycles. The van der Waals surface area contributed by atoms with E-state index in [0.29, 0.717) is 9.86 Å². The van der Waals surface area contributed by atoms with Crippen LogP contribution < -0.4 is 4.74 Å². The summed E-state index contributed by atoms with van der Waals surface area (Å²) in [5, 5.41) is 21.8. The Balaban J connectivity index is 2.47. The Labute approximate surface area is 166 Å². The molecule has 128 valence electrons. The van der Waals surface area contributed by atoms with Gasteiger partial charge in [-0.05, 0) is 57.3 Å². The lowest BCUT2D eigenvalue weighted by molar-refractivity contribution is -0.394. The van der Waals surface area contributed by atoms with Crippen molar-refractivity contribution in [1.29, 1.82) is 0 Å². The highest BCUT2D eigenvalue weighted by molar-refractivity contribution is 14.1. The van der Waals surface area contributed by atoms with Gasteiger partial charge >= 0.3 is 5.97 Å². The minimum absolute atomic E-state index is 0.0184. The Hall–Kier alpha value is -2.16. The maximum atomic E-state index is 12.3. The third-order valence-electron chi connectivity index (χ3n) is 2.92. The van der Waals surface area contributed by atoms with E-state index < -0.39 is 27.2 Å². The van der Waals surface area contributed by atoms with Gasteiger partial charge in [0.1, 0.15) is 0 Å². The Morgan fingerprint density at radius 1 is 1.00 bits per heavy atom. The smallest absolute Gasteiger partial charge is 0.344 e. The van der Waals surface area contributed by atoms with E-state index in [9.17, 15) is 29.8 Å². The predicted octanol–water partition coefficient (Wildman–Crippen LogP) is 3.74. The van der Waals surface area contributed by atoms with Crippen LogP contribution in [0, 0.1) is 27.4 Å². The largest absolute Gasteiger partial charge is 0.421 e. The Kier molecular flexibility index (Phi) is 5.99. The van der Waals surface area contributed by atoms with Crippen LogP contribution in [0.25, 0.3) is 0 Å². The van der Waals surface area contributed by atoms with Gasteiger partial charge in [0.15, 0.2) is 12.0 Å². The maximum Gasteiger partial charge on any atom is 0.344 e. The molecule has 0 unspecified atom stereocenters. The number of nitro groups is 2. The minimum Gasteiger partial charge on any atom is -0.421 e. The molecule has 0 heterocycles. The van der Waals surface area contributed by atoms with Gasteiger partial charge in [-0.15, -0.1) is 0 Å². The average molecular weight is 568 g/mol. The number of carbonyl (C=O) groups is 2. The van der Waals surface area contributed by atoms with E-state index in [1.807, 2.05) is 45.2 Å². The van der Waals surface area contributed by atoms with Crippen LogP contribution in [0.4, 0.5) is 11.4 Å². The molecule has 0 bridgehead atoms. The number of non-ortho nitro benzene ring substituents is 2. The van der Waals surface area contributed by atoms with Crippen molar-refractivity contribution in [3.05, 3.63) is 68.8 Å². The van der Waals surface area contributed by atoms with Crippen LogP contribution in [0.15, 0.2) is 30.3 Å². The van der Waals surface area contributed by atoms with Gasteiger partial charge < -0.3 is 4.74 Å². The molecule has 25 heavy (non-hydrogen) atoms. The number of aldehydes is 1. The molecule has 0 N–H and O–H groups in total. The fourth-order valence-corrected chi connectivity index (χ4v) is 3.85. The van der Waals surface area contributed by atoms with Crippen molar-refractivity contribution in [3.8, 4) is 5.75 Å². The summed E-state index contributed by atoms with van der Waals surface area (Å²) >= 11 is 3.85. The highest BCUT2D eigenvalue weighted by Crippen LogP contribution is 2.29. The second-order valence-electron chi connectivity index (χ2n) is 4.57. The molecular weight excluding hydrogens is 562 g/mol. The lowest BCUT2D eigenvalue weighted by Gasteiger charge is -2.09. The van der Waals surface area contributed by atoms with Crippen molar-refractivity contribution in [1.82, 2.24) is 0 Å². The van der Waals surface area contributed by atoms with Crippen molar-refractivity contribution < 1.29 is 24.2 Å². The fourth-order valence-electron chi connectivity index (χ4n) is 1.85. The van der Waals surface area contributed by atoms with Crippen molar-refractivity contribution in [2.75, 3.05) is 0 Å². The molecule has 9 nitrogen and oxygen atoms in total. The number of ether oxygens (including phenoxy) is 1. The van der Waals surface area contributed by atoms with Gasteiger partial charge in [0.05, 0.1) is 30.6 Å². The van der Waals surface area contributed by atoms with E-state index >= 15 is 0 Å². The minimum atomic E-state index is -1.05. The maximum absolute atomic E-state index is 12.3. The number of halogens is 2. The molecule has 0 atom stereocenters. The lowest BCUT2D eigenvalue weighted by atomic mass is 10.1. The molecule has 0 radical (unpaired) electrons. The van der Waals surface area contributed by atoms with Crippen LogP contribution in [0.3, 0.4) is 0 Å². The van der Waals surface area contributed by atoms with Crippen LogP contribution in [0.2, 0.25) is 0 Å². The van der Waals surface area contributed by atoms with E-state index in [-0.39, 0.29) is 16.9 Å². The van der Waals surface area contributed by atoms with Crippen LogP contribution in [-0.2, 0) is 0 Å². The molecular formula is C14H6I2N2O7. The monoisotopic (exact) mass is 568 g/mol. The van der Waals surface area contributed by atoms with Crippen LogP contribution >= 0.6 is 45.2 Å². The SMILES string of the molecule is O=Cc1cc(I)cc(I)c1OC(=O)c1cc([N+](=O)[O-])cc([N+](=O)[O-])c1. The molecule has 0 fully saturated rings. The molecule has 0 aliphatic carbocycles.